The molecule has 0 spiro atoms. The van der Waals surface area contributed by atoms with Crippen LogP contribution in [0.5, 0.6) is 0 Å². The normalized spacial score (nSPS) is 10.3. The Kier molecular flexibility index (Phi) is 3.63. The van der Waals surface area contributed by atoms with Gasteiger partial charge in [0.15, 0.2) is 0 Å². The van der Waals surface area contributed by atoms with E-state index in [1.165, 1.54) is 12.1 Å². The minimum Gasteiger partial charge on any atom is -0.478 e. The zero-order valence-electron chi connectivity index (χ0n) is 8.94. The number of aromatic amines is 1. The maximum atomic E-state index is 11.0. The van der Waals surface area contributed by atoms with Crippen molar-refractivity contribution in [1.29, 1.82) is 0 Å². The van der Waals surface area contributed by atoms with Gasteiger partial charge in [0.25, 0.3) is 0 Å². The van der Waals surface area contributed by atoms with Crippen molar-refractivity contribution in [2.75, 3.05) is 5.32 Å². The Morgan fingerprint density at radius 1 is 1.56 bits per heavy atom. The molecule has 0 unspecified atom stereocenters. The van der Waals surface area contributed by atoms with E-state index in [1.54, 1.807) is 5.38 Å². The molecular formula is C10H8ClN3O3S. The predicted molar refractivity (Wildman–Crippen MR) is 68.5 cm³/mol. The van der Waals surface area contributed by atoms with Crippen LogP contribution in [0.3, 0.4) is 0 Å². The molecule has 0 amide bonds. The van der Waals surface area contributed by atoms with Crippen molar-refractivity contribution in [2.45, 2.75) is 6.54 Å². The van der Waals surface area contributed by atoms with Gasteiger partial charge in [-0.1, -0.05) is 22.9 Å². The second kappa shape index (κ2) is 5.19. The second-order valence-corrected chi connectivity index (χ2v) is 4.59. The van der Waals surface area contributed by atoms with Crippen molar-refractivity contribution >= 4 is 34.7 Å². The summed E-state index contributed by atoms with van der Waals surface area (Å²) in [5.41, 5.74) is 0.681. The van der Waals surface area contributed by atoms with Crippen LogP contribution < -0.4 is 10.2 Å². The van der Waals surface area contributed by atoms with Crippen LogP contribution in [0.15, 0.2) is 22.3 Å². The molecule has 0 bridgehead atoms. The Balaban J connectivity index is 2.20. The first-order valence-electron chi connectivity index (χ1n) is 4.86. The molecule has 6 nitrogen and oxygen atoms in total. The highest BCUT2D eigenvalue weighted by atomic mass is 35.5. The van der Waals surface area contributed by atoms with Gasteiger partial charge in [-0.25, -0.2) is 9.78 Å². The molecular weight excluding hydrogens is 278 g/mol. The summed E-state index contributed by atoms with van der Waals surface area (Å²) in [4.78, 5) is 28.2. The Hall–Kier alpha value is -1.86. The van der Waals surface area contributed by atoms with Gasteiger partial charge in [-0.15, -0.1) is 0 Å². The molecule has 0 saturated heterocycles. The number of nitrogens with one attached hydrogen (secondary N) is 2. The van der Waals surface area contributed by atoms with Crippen LogP contribution in [-0.2, 0) is 6.54 Å². The van der Waals surface area contributed by atoms with E-state index in [0.29, 0.717) is 5.69 Å². The van der Waals surface area contributed by atoms with Gasteiger partial charge in [0.05, 0.1) is 6.54 Å². The fourth-order valence-corrected chi connectivity index (χ4v) is 2.05. The van der Waals surface area contributed by atoms with Crippen LogP contribution in [0, 0.1) is 0 Å². The number of aromatic nitrogens is 2. The standard InChI is InChI=1S/C10H8ClN3O3S/c11-7-2-1-6(9(15)16)8(14-7)12-3-5-4-18-10(17)13-5/h1-2,4H,3H2,(H,12,14)(H,13,17)(H,15,16). The number of H-pyrrole nitrogens is 1. The minimum absolute atomic E-state index is 0.0250. The number of rotatable bonds is 4. The summed E-state index contributed by atoms with van der Waals surface area (Å²) in [6.07, 6.45) is 0. The number of hydrogen-bond acceptors (Lipinski definition) is 5. The molecule has 2 aromatic heterocycles. The Morgan fingerprint density at radius 3 is 2.94 bits per heavy atom. The Morgan fingerprint density at radius 2 is 2.33 bits per heavy atom. The lowest BCUT2D eigenvalue weighted by molar-refractivity contribution is 0.0697. The highest BCUT2D eigenvalue weighted by molar-refractivity contribution is 7.07. The summed E-state index contributed by atoms with van der Waals surface area (Å²) < 4.78 is 0. The molecule has 0 aliphatic heterocycles. The van der Waals surface area contributed by atoms with E-state index in [4.69, 9.17) is 16.7 Å². The van der Waals surface area contributed by atoms with Crippen LogP contribution in [0.2, 0.25) is 5.15 Å². The van der Waals surface area contributed by atoms with Gasteiger partial charge in [-0.3, -0.25) is 4.79 Å². The molecule has 0 radical (unpaired) electrons. The van der Waals surface area contributed by atoms with Crippen molar-refractivity contribution in [1.82, 2.24) is 9.97 Å². The Labute approximate surface area is 110 Å². The van der Waals surface area contributed by atoms with Gasteiger partial charge in [-0.05, 0) is 12.1 Å². The second-order valence-electron chi connectivity index (χ2n) is 3.36. The van der Waals surface area contributed by atoms with Crippen molar-refractivity contribution in [3.05, 3.63) is 43.6 Å². The maximum absolute atomic E-state index is 11.0. The first-order valence-corrected chi connectivity index (χ1v) is 6.12. The molecule has 18 heavy (non-hydrogen) atoms. The van der Waals surface area contributed by atoms with Crippen molar-refractivity contribution < 1.29 is 9.90 Å². The highest BCUT2D eigenvalue weighted by Gasteiger charge is 2.12. The Bertz CT molecular complexity index is 637. The number of pyridine rings is 1. The number of nitrogens with zero attached hydrogens (tertiary/aromatic N) is 1. The number of carboxylic acid groups (broad SMARTS) is 1. The van der Waals surface area contributed by atoms with Gasteiger partial charge in [0.2, 0.25) is 0 Å². The molecule has 94 valence electrons. The van der Waals surface area contributed by atoms with E-state index in [0.717, 1.165) is 11.3 Å². The number of carboxylic acids is 1. The number of carbonyl (C=O) groups is 1. The molecule has 0 atom stereocenters. The van der Waals surface area contributed by atoms with Gasteiger partial charge in [0.1, 0.15) is 16.5 Å². The number of aromatic carboxylic acids is 1. The zero-order valence-corrected chi connectivity index (χ0v) is 10.5. The summed E-state index contributed by atoms with van der Waals surface area (Å²) >= 11 is 6.75. The molecule has 8 heteroatoms. The average molecular weight is 286 g/mol. The van der Waals surface area contributed by atoms with E-state index in [9.17, 15) is 9.59 Å². The first-order chi connectivity index (χ1) is 8.56. The third-order valence-corrected chi connectivity index (χ3v) is 3.04. The smallest absolute Gasteiger partial charge is 0.339 e. The van der Waals surface area contributed by atoms with Crippen LogP contribution in [-0.4, -0.2) is 21.0 Å². The lowest BCUT2D eigenvalue weighted by atomic mass is 10.2. The summed E-state index contributed by atoms with van der Waals surface area (Å²) in [5.74, 6) is -0.928. The predicted octanol–water partition coefficient (Wildman–Crippen LogP) is 1.80. The number of anilines is 1. The lowest BCUT2D eigenvalue weighted by Crippen LogP contribution is -2.09. The lowest BCUT2D eigenvalue weighted by Gasteiger charge is -2.07. The number of halogens is 1. The number of hydrogen-bond donors (Lipinski definition) is 3. The molecule has 0 aliphatic carbocycles. The molecule has 2 rings (SSSR count). The molecule has 0 aromatic carbocycles. The highest BCUT2D eigenvalue weighted by Crippen LogP contribution is 2.17. The summed E-state index contributed by atoms with van der Waals surface area (Å²) in [5, 5.41) is 13.7. The zero-order chi connectivity index (χ0) is 13.1. The molecule has 2 aromatic rings. The third-order valence-electron chi connectivity index (χ3n) is 2.11. The summed E-state index contributed by atoms with van der Waals surface area (Å²) in [7, 11) is 0. The SMILES string of the molecule is O=C(O)c1ccc(Cl)nc1NCc1csc(=O)[nH]1. The summed E-state index contributed by atoms with van der Waals surface area (Å²) in [6.45, 7) is 0.270. The fourth-order valence-electron chi connectivity index (χ4n) is 1.32. The van der Waals surface area contributed by atoms with Crippen LogP contribution >= 0.6 is 22.9 Å². The van der Waals surface area contributed by atoms with Crippen molar-refractivity contribution in [3.8, 4) is 0 Å². The van der Waals surface area contributed by atoms with Gasteiger partial charge in [-0.2, -0.15) is 0 Å². The van der Waals surface area contributed by atoms with Gasteiger partial charge < -0.3 is 15.4 Å². The average Bonchev–Trinajstić information content (AvgIpc) is 2.72. The molecule has 2 heterocycles. The number of thiazole rings is 1. The fraction of sp³-hybridized carbons (Fsp3) is 0.100. The molecule has 0 aliphatic rings. The van der Waals surface area contributed by atoms with E-state index in [1.807, 2.05) is 0 Å². The molecule has 0 fully saturated rings. The van der Waals surface area contributed by atoms with Gasteiger partial charge in [0, 0.05) is 11.1 Å². The van der Waals surface area contributed by atoms with Gasteiger partial charge >= 0.3 is 10.8 Å². The molecule has 0 saturated carbocycles. The largest absolute Gasteiger partial charge is 0.478 e. The minimum atomic E-state index is -1.10. The van der Waals surface area contributed by atoms with E-state index < -0.39 is 5.97 Å². The quantitative estimate of drug-likeness (QED) is 0.745. The van der Waals surface area contributed by atoms with E-state index in [2.05, 4.69) is 15.3 Å². The van der Waals surface area contributed by atoms with Crippen molar-refractivity contribution in [2.24, 2.45) is 0 Å². The maximum Gasteiger partial charge on any atom is 0.339 e. The third kappa shape index (κ3) is 2.88. The van der Waals surface area contributed by atoms with Crippen LogP contribution in [0.1, 0.15) is 16.1 Å². The van der Waals surface area contributed by atoms with E-state index in [-0.39, 0.29) is 28.0 Å². The summed E-state index contributed by atoms with van der Waals surface area (Å²) in [6, 6.07) is 2.78. The van der Waals surface area contributed by atoms with Crippen molar-refractivity contribution in [3.63, 3.8) is 0 Å². The monoisotopic (exact) mass is 285 g/mol. The van der Waals surface area contributed by atoms with Crippen LogP contribution in [0.25, 0.3) is 0 Å². The van der Waals surface area contributed by atoms with E-state index >= 15 is 0 Å². The first kappa shape index (κ1) is 12.6. The van der Waals surface area contributed by atoms with Crippen LogP contribution in [0.4, 0.5) is 5.82 Å². The topological polar surface area (TPSA) is 95.1 Å². The molecule has 3 N–H and O–H groups in total.